The highest BCUT2D eigenvalue weighted by Crippen LogP contribution is 2.18. The zero-order valence-electron chi connectivity index (χ0n) is 10.2. The average Bonchev–Trinajstić information content (AvgIpc) is 2.37. The number of hydrogen-bond donors (Lipinski definition) is 1. The van der Waals surface area contributed by atoms with Gasteiger partial charge in [-0.05, 0) is 18.6 Å². The summed E-state index contributed by atoms with van der Waals surface area (Å²) in [6.45, 7) is 6.77. The van der Waals surface area contributed by atoms with Gasteiger partial charge in [0.25, 0.3) is 5.91 Å². The molecule has 0 heterocycles. The Kier molecular flexibility index (Phi) is 5.86. The average molecular weight is 233 g/mol. The lowest BCUT2D eigenvalue weighted by Gasteiger charge is -2.10. The van der Waals surface area contributed by atoms with Gasteiger partial charge >= 0.3 is 0 Å². The highest BCUT2D eigenvalue weighted by molar-refractivity contribution is 5.96. The van der Waals surface area contributed by atoms with E-state index in [0.717, 1.165) is 12.8 Å². The third-order valence-electron chi connectivity index (χ3n) is 2.29. The number of nitrogens with one attached hydrogen (secondary N) is 1. The van der Waals surface area contributed by atoms with Crippen molar-refractivity contribution in [1.82, 2.24) is 5.32 Å². The fourth-order valence-corrected chi connectivity index (χ4v) is 1.37. The zero-order chi connectivity index (χ0) is 12.5. The molecule has 0 aromatic heterocycles. The highest BCUT2D eigenvalue weighted by Gasteiger charge is 2.10. The van der Waals surface area contributed by atoms with Crippen LogP contribution in [0.15, 0.2) is 36.9 Å². The van der Waals surface area contributed by atoms with Crippen LogP contribution in [0.2, 0.25) is 0 Å². The molecule has 3 nitrogen and oxygen atoms in total. The second-order valence-electron chi connectivity index (χ2n) is 3.70. The van der Waals surface area contributed by atoms with Crippen LogP contribution in [0.25, 0.3) is 0 Å². The minimum absolute atomic E-state index is 0.128. The molecular formula is C14H19NO2. The molecule has 0 bridgehead atoms. The van der Waals surface area contributed by atoms with Crippen LogP contribution in [0.3, 0.4) is 0 Å². The summed E-state index contributed by atoms with van der Waals surface area (Å²) in [4.78, 5) is 11.8. The molecule has 0 radical (unpaired) electrons. The third kappa shape index (κ3) is 4.31. The van der Waals surface area contributed by atoms with Crippen LogP contribution in [0.5, 0.6) is 5.75 Å². The van der Waals surface area contributed by atoms with Crippen LogP contribution in [-0.2, 0) is 0 Å². The number of unbranched alkanes of at least 4 members (excludes halogenated alkanes) is 1. The van der Waals surface area contributed by atoms with E-state index in [4.69, 9.17) is 4.74 Å². The number of hydrogen-bond acceptors (Lipinski definition) is 2. The molecular weight excluding hydrogens is 214 g/mol. The van der Waals surface area contributed by atoms with Gasteiger partial charge in [-0.1, -0.05) is 31.6 Å². The Morgan fingerprint density at radius 2 is 2.24 bits per heavy atom. The fraction of sp³-hybridized carbons (Fsp3) is 0.357. The topological polar surface area (TPSA) is 38.3 Å². The Bertz CT molecular complexity index is 374. The number of benzene rings is 1. The summed E-state index contributed by atoms with van der Waals surface area (Å²) in [6.07, 6.45) is 3.71. The molecule has 1 aromatic rings. The molecule has 0 saturated carbocycles. The van der Waals surface area contributed by atoms with Crippen molar-refractivity contribution in [3.8, 4) is 5.75 Å². The highest BCUT2D eigenvalue weighted by atomic mass is 16.5. The molecule has 0 fully saturated rings. The van der Waals surface area contributed by atoms with Gasteiger partial charge in [-0.25, -0.2) is 0 Å². The van der Waals surface area contributed by atoms with Crippen molar-refractivity contribution >= 4 is 5.91 Å². The maximum atomic E-state index is 11.8. The summed E-state index contributed by atoms with van der Waals surface area (Å²) in [5.41, 5.74) is 0.574. The first kappa shape index (κ1) is 13.3. The molecule has 92 valence electrons. The van der Waals surface area contributed by atoms with Gasteiger partial charge in [0.15, 0.2) is 0 Å². The van der Waals surface area contributed by atoms with Crippen LogP contribution in [0, 0.1) is 0 Å². The van der Waals surface area contributed by atoms with E-state index in [1.54, 1.807) is 12.1 Å². The van der Waals surface area contributed by atoms with E-state index in [-0.39, 0.29) is 5.91 Å². The van der Waals surface area contributed by atoms with E-state index in [1.807, 2.05) is 18.2 Å². The fourth-order valence-electron chi connectivity index (χ4n) is 1.37. The van der Waals surface area contributed by atoms with Crippen molar-refractivity contribution in [3.05, 3.63) is 42.5 Å². The van der Waals surface area contributed by atoms with Crippen molar-refractivity contribution < 1.29 is 9.53 Å². The van der Waals surface area contributed by atoms with E-state index in [9.17, 15) is 4.79 Å². The van der Waals surface area contributed by atoms with Gasteiger partial charge in [-0.2, -0.15) is 0 Å². The molecule has 1 amide bonds. The van der Waals surface area contributed by atoms with Gasteiger partial charge in [-0.3, -0.25) is 4.79 Å². The first-order chi connectivity index (χ1) is 8.29. The second-order valence-corrected chi connectivity index (χ2v) is 3.70. The van der Waals surface area contributed by atoms with Gasteiger partial charge in [-0.15, -0.1) is 6.58 Å². The maximum absolute atomic E-state index is 11.8. The lowest BCUT2D eigenvalue weighted by molar-refractivity contribution is 0.0954. The molecule has 0 spiro atoms. The number of para-hydroxylation sites is 1. The first-order valence-electron chi connectivity index (χ1n) is 5.90. The number of rotatable bonds is 7. The second kappa shape index (κ2) is 7.49. The van der Waals surface area contributed by atoms with Crippen molar-refractivity contribution in [2.45, 2.75) is 19.8 Å². The van der Waals surface area contributed by atoms with Crippen LogP contribution < -0.4 is 10.1 Å². The maximum Gasteiger partial charge on any atom is 0.255 e. The minimum atomic E-state index is -0.128. The molecule has 3 heteroatoms. The van der Waals surface area contributed by atoms with Gasteiger partial charge in [0, 0.05) is 6.54 Å². The molecule has 1 rings (SSSR count). The normalized spacial score (nSPS) is 9.71. The largest absolute Gasteiger partial charge is 0.493 e. The Morgan fingerprint density at radius 1 is 1.47 bits per heavy atom. The Morgan fingerprint density at radius 3 is 2.94 bits per heavy atom. The van der Waals surface area contributed by atoms with Crippen molar-refractivity contribution in [2.24, 2.45) is 0 Å². The van der Waals surface area contributed by atoms with E-state index >= 15 is 0 Å². The molecule has 0 aliphatic carbocycles. The van der Waals surface area contributed by atoms with Crippen LogP contribution in [0.4, 0.5) is 0 Å². The molecule has 1 N–H and O–H groups in total. The van der Waals surface area contributed by atoms with Crippen LogP contribution >= 0.6 is 0 Å². The lowest BCUT2D eigenvalue weighted by Crippen LogP contribution is -2.23. The summed E-state index contributed by atoms with van der Waals surface area (Å²) in [5.74, 6) is 0.513. The molecule has 0 atom stereocenters. The predicted octanol–water partition coefficient (Wildman–Crippen LogP) is 2.78. The summed E-state index contributed by atoms with van der Waals surface area (Å²) < 4.78 is 5.59. The van der Waals surface area contributed by atoms with Gasteiger partial charge in [0.1, 0.15) is 5.75 Å². The van der Waals surface area contributed by atoms with E-state index < -0.39 is 0 Å². The van der Waals surface area contributed by atoms with Crippen LogP contribution in [0.1, 0.15) is 30.1 Å². The number of ether oxygens (including phenoxy) is 1. The third-order valence-corrected chi connectivity index (χ3v) is 2.29. The summed E-state index contributed by atoms with van der Waals surface area (Å²) in [7, 11) is 0. The number of amides is 1. The van der Waals surface area contributed by atoms with E-state index in [0.29, 0.717) is 24.5 Å². The summed E-state index contributed by atoms with van der Waals surface area (Å²) >= 11 is 0. The van der Waals surface area contributed by atoms with Crippen molar-refractivity contribution in [2.75, 3.05) is 13.2 Å². The number of carbonyl (C=O) groups is 1. The predicted molar refractivity (Wildman–Crippen MR) is 69.4 cm³/mol. The van der Waals surface area contributed by atoms with Gasteiger partial charge in [0.05, 0.1) is 12.2 Å². The standard InChI is InChI=1S/C14H19NO2/c1-3-5-11-17-13-9-7-6-8-12(13)14(16)15-10-4-2/h4,6-9H,2-3,5,10-11H2,1H3,(H,15,16). The van der Waals surface area contributed by atoms with Crippen molar-refractivity contribution in [1.29, 1.82) is 0 Å². The monoisotopic (exact) mass is 233 g/mol. The van der Waals surface area contributed by atoms with E-state index in [1.165, 1.54) is 0 Å². The number of carbonyl (C=O) groups excluding carboxylic acids is 1. The van der Waals surface area contributed by atoms with Gasteiger partial charge in [0.2, 0.25) is 0 Å². The van der Waals surface area contributed by atoms with Crippen LogP contribution in [-0.4, -0.2) is 19.1 Å². The van der Waals surface area contributed by atoms with E-state index in [2.05, 4.69) is 18.8 Å². The smallest absolute Gasteiger partial charge is 0.255 e. The quantitative estimate of drug-likeness (QED) is 0.581. The Labute approximate surface area is 102 Å². The molecule has 0 saturated heterocycles. The Hall–Kier alpha value is -1.77. The molecule has 0 unspecified atom stereocenters. The molecule has 1 aromatic carbocycles. The SMILES string of the molecule is C=CCNC(=O)c1ccccc1OCCCC. The summed E-state index contributed by atoms with van der Waals surface area (Å²) in [5, 5.41) is 2.74. The Balaban J connectivity index is 2.69. The lowest BCUT2D eigenvalue weighted by atomic mass is 10.2. The van der Waals surface area contributed by atoms with Crippen molar-refractivity contribution in [3.63, 3.8) is 0 Å². The molecule has 17 heavy (non-hydrogen) atoms. The minimum Gasteiger partial charge on any atom is -0.493 e. The van der Waals surface area contributed by atoms with Gasteiger partial charge < -0.3 is 10.1 Å². The molecule has 0 aliphatic rings. The first-order valence-corrected chi connectivity index (χ1v) is 5.90. The zero-order valence-corrected chi connectivity index (χ0v) is 10.2. The molecule has 0 aliphatic heterocycles. The summed E-state index contributed by atoms with van der Waals surface area (Å²) in [6, 6.07) is 7.28.